The van der Waals surface area contributed by atoms with Crippen molar-refractivity contribution < 1.29 is 23.5 Å². The third-order valence-corrected chi connectivity index (χ3v) is 6.28. The molecule has 0 saturated carbocycles. The lowest BCUT2D eigenvalue weighted by Crippen LogP contribution is -2.24. The van der Waals surface area contributed by atoms with Gasteiger partial charge in [0, 0.05) is 16.1 Å². The van der Waals surface area contributed by atoms with Gasteiger partial charge in [-0.2, -0.15) is 0 Å². The fourth-order valence-electron chi connectivity index (χ4n) is 3.70. The maximum absolute atomic E-state index is 13.1. The number of anilines is 2. The molecule has 31 heavy (non-hydrogen) atoms. The molecule has 5 rings (SSSR count). The molecule has 0 unspecified atom stereocenters. The number of amides is 2. The average Bonchev–Trinajstić information content (AvgIpc) is 3.40. The van der Waals surface area contributed by atoms with Gasteiger partial charge < -0.3 is 14.8 Å². The summed E-state index contributed by atoms with van der Waals surface area (Å²) in [5, 5.41) is 6.10. The number of carbonyl (C=O) groups excluding carboxylic acids is 2. The Morgan fingerprint density at radius 3 is 2.71 bits per heavy atom. The zero-order valence-electron chi connectivity index (χ0n) is 16.3. The van der Waals surface area contributed by atoms with Gasteiger partial charge in [-0.1, -0.05) is 0 Å². The third-order valence-electron chi connectivity index (χ3n) is 5.24. The highest BCUT2D eigenvalue weighted by molar-refractivity contribution is 7.16. The Balaban J connectivity index is 1.32. The van der Waals surface area contributed by atoms with Gasteiger partial charge in [-0.05, 0) is 61.7 Å². The van der Waals surface area contributed by atoms with Gasteiger partial charge in [0.15, 0.2) is 16.6 Å². The van der Waals surface area contributed by atoms with Crippen LogP contribution < -0.4 is 20.1 Å². The predicted octanol–water partition coefficient (Wildman–Crippen LogP) is 4.32. The summed E-state index contributed by atoms with van der Waals surface area (Å²) in [4.78, 5) is 31.0. The maximum Gasteiger partial charge on any atom is 0.257 e. The topological polar surface area (TPSA) is 89.6 Å². The van der Waals surface area contributed by atoms with Crippen molar-refractivity contribution in [2.24, 2.45) is 0 Å². The number of halogens is 1. The van der Waals surface area contributed by atoms with Gasteiger partial charge in [0.25, 0.3) is 5.91 Å². The van der Waals surface area contributed by atoms with Crippen molar-refractivity contribution in [3.63, 3.8) is 0 Å². The lowest BCUT2D eigenvalue weighted by atomic mass is 9.90. The predicted molar refractivity (Wildman–Crippen MR) is 113 cm³/mol. The number of carbonyl (C=O) groups is 2. The molecule has 2 amide bonds. The number of thiazole rings is 1. The van der Waals surface area contributed by atoms with Crippen LogP contribution in [0.2, 0.25) is 0 Å². The first kappa shape index (κ1) is 19.5. The number of hydrogen-bond donors (Lipinski definition) is 2. The SMILES string of the molecule is O=C(Nc1nc2c(s1)CCC[C@@H]2C(=O)Nc1ccc(F)cc1)c1ccc2c(c1)OCO2. The molecule has 0 fully saturated rings. The van der Waals surface area contributed by atoms with Crippen LogP contribution in [0.4, 0.5) is 15.2 Å². The first-order valence-electron chi connectivity index (χ1n) is 9.84. The van der Waals surface area contributed by atoms with Crippen molar-refractivity contribution >= 4 is 34.0 Å². The largest absolute Gasteiger partial charge is 0.454 e. The lowest BCUT2D eigenvalue weighted by molar-refractivity contribution is -0.117. The van der Waals surface area contributed by atoms with Crippen LogP contribution in [-0.4, -0.2) is 23.6 Å². The van der Waals surface area contributed by atoms with E-state index < -0.39 is 5.92 Å². The number of nitrogens with zero attached hydrogens (tertiary/aromatic N) is 1. The van der Waals surface area contributed by atoms with Gasteiger partial charge in [0.1, 0.15) is 5.82 Å². The Bertz CT molecular complexity index is 1160. The number of nitrogens with one attached hydrogen (secondary N) is 2. The Kier molecular flexibility index (Phi) is 5.03. The van der Waals surface area contributed by atoms with Gasteiger partial charge in [-0.25, -0.2) is 9.37 Å². The number of benzene rings is 2. The normalized spacial score (nSPS) is 16.5. The number of aryl methyl sites for hydroxylation is 1. The summed E-state index contributed by atoms with van der Waals surface area (Å²) in [7, 11) is 0. The zero-order chi connectivity index (χ0) is 21.4. The summed E-state index contributed by atoms with van der Waals surface area (Å²) in [5.41, 5.74) is 1.66. The van der Waals surface area contributed by atoms with Crippen molar-refractivity contribution in [2.75, 3.05) is 17.4 Å². The fraction of sp³-hybridized carbons (Fsp3) is 0.227. The van der Waals surface area contributed by atoms with Crippen molar-refractivity contribution in [3.8, 4) is 11.5 Å². The van der Waals surface area contributed by atoms with E-state index >= 15 is 0 Å². The Labute approximate surface area is 181 Å². The number of fused-ring (bicyclic) bond motifs is 2. The molecule has 7 nitrogen and oxygen atoms in total. The second-order valence-corrected chi connectivity index (χ2v) is 8.37. The molecule has 3 aromatic rings. The molecule has 158 valence electrons. The van der Waals surface area contributed by atoms with Crippen LogP contribution in [0.1, 0.15) is 39.7 Å². The Morgan fingerprint density at radius 2 is 1.87 bits per heavy atom. The van der Waals surface area contributed by atoms with Crippen LogP contribution >= 0.6 is 11.3 Å². The van der Waals surface area contributed by atoms with E-state index in [9.17, 15) is 14.0 Å². The van der Waals surface area contributed by atoms with Crippen molar-refractivity contribution in [1.29, 1.82) is 0 Å². The molecular formula is C22H18FN3O4S. The van der Waals surface area contributed by atoms with Gasteiger partial charge in [-0.3, -0.25) is 14.9 Å². The summed E-state index contributed by atoms with van der Waals surface area (Å²) in [6.45, 7) is 0.140. The molecule has 1 atom stereocenters. The van der Waals surface area contributed by atoms with E-state index in [1.807, 2.05) is 0 Å². The molecule has 2 heterocycles. The Morgan fingerprint density at radius 1 is 1.06 bits per heavy atom. The highest BCUT2D eigenvalue weighted by Crippen LogP contribution is 2.38. The Hall–Kier alpha value is -3.46. The van der Waals surface area contributed by atoms with Crippen molar-refractivity contribution in [2.45, 2.75) is 25.2 Å². The van der Waals surface area contributed by atoms with Crippen LogP contribution in [-0.2, 0) is 11.2 Å². The summed E-state index contributed by atoms with van der Waals surface area (Å²) >= 11 is 1.38. The summed E-state index contributed by atoms with van der Waals surface area (Å²) < 4.78 is 23.7. The number of rotatable bonds is 4. The minimum Gasteiger partial charge on any atom is -0.454 e. The van der Waals surface area contributed by atoms with Gasteiger partial charge in [-0.15, -0.1) is 11.3 Å². The number of hydrogen-bond acceptors (Lipinski definition) is 6. The quantitative estimate of drug-likeness (QED) is 0.632. The van der Waals surface area contributed by atoms with Gasteiger partial charge >= 0.3 is 0 Å². The minimum atomic E-state index is -0.416. The molecule has 2 N–H and O–H groups in total. The highest BCUT2D eigenvalue weighted by atomic mass is 32.1. The molecule has 1 aliphatic carbocycles. The molecule has 0 radical (unpaired) electrons. The van der Waals surface area contributed by atoms with E-state index in [4.69, 9.17) is 9.47 Å². The molecule has 0 spiro atoms. The zero-order valence-corrected chi connectivity index (χ0v) is 17.1. The fourth-order valence-corrected chi connectivity index (χ4v) is 4.76. The second kappa shape index (κ2) is 7.99. The van der Waals surface area contributed by atoms with Crippen LogP contribution in [0, 0.1) is 5.82 Å². The average molecular weight is 439 g/mol. The van der Waals surface area contributed by atoms with E-state index in [0.717, 1.165) is 17.7 Å². The van der Waals surface area contributed by atoms with E-state index in [1.165, 1.54) is 35.6 Å². The first-order valence-corrected chi connectivity index (χ1v) is 10.7. The van der Waals surface area contributed by atoms with Gasteiger partial charge in [0.2, 0.25) is 12.7 Å². The van der Waals surface area contributed by atoms with E-state index in [0.29, 0.717) is 40.0 Å². The summed E-state index contributed by atoms with van der Waals surface area (Å²) in [5.74, 6) is -0.135. The summed E-state index contributed by atoms with van der Waals surface area (Å²) in [6.07, 6.45) is 2.33. The summed E-state index contributed by atoms with van der Waals surface area (Å²) in [6, 6.07) is 10.6. The molecule has 9 heteroatoms. The van der Waals surface area contributed by atoms with E-state index in [2.05, 4.69) is 15.6 Å². The molecule has 0 bridgehead atoms. The molecule has 2 aliphatic rings. The number of aromatic nitrogens is 1. The standard InChI is InChI=1S/C22H18FN3O4S/c23-13-5-7-14(8-6-13)24-21(28)15-2-1-3-18-19(15)25-22(31-18)26-20(27)12-4-9-16-17(10-12)30-11-29-16/h4-10,15H,1-3,11H2,(H,24,28)(H,25,26,27)/t15-/m0/s1. The lowest BCUT2D eigenvalue weighted by Gasteiger charge is -2.20. The smallest absolute Gasteiger partial charge is 0.257 e. The molecule has 1 aromatic heterocycles. The van der Waals surface area contributed by atoms with Crippen LogP contribution in [0.5, 0.6) is 11.5 Å². The monoisotopic (exact) mass is 439 g/mol. The second-order valence-electron chi connectivity index (χ2n) is 7.29. The highest BCUT2D eigenvalue weighted by Gasteiger charge is 2.31. The molecule has 2 aromatic carbocycles. The van der Waals surface area contributed by atoms with Crippen LogP contribution in [0.25, 0.3) is 0 Å². The number of ether oxygens (including phenoxy) is 2. The third kappa shape index (κ3) is 3.96. The van der Waals surface area contributed by atoms with Crippen LogP contribution in [0.3, 0.4) is 0 Å². The van der Waals surface area contributed by atoms with E-state index in [-0.39, 0.29) is 24.4 Å². The maximum atomic E-state index is 13.1. The van der Waals surface area contributed by atoms with Crippen LogP contribution in [0.15, 0.2) is 42.5 Å². The van der Waals surface area contributed by atoms with Crippen molar-refractivity contribution in [1.82, 2.24) is 4.98 Å². The van der Waals surface area contributed by atoms with Crippen molar-refractivity contribution in [3.05, 3.63) is 64.4 Å². The van der Waals surface area contributed by atoms with E-state index in [1.54, 1.807) is 18.2 Å². The first-order chi connectivity index (χ1) is 15.1. The molecular weight excluding hydrogens is 421 g/mol. The molecule has 0 saturated heterocycles. The van der Waals surface area contributed by atoms with Gasteiger partial charge in [0.05, 0.1) is 11.6 Å². The minimum absolute atomic E-state index is 0.140. The molecule has 1 aliphatic heterocycles.